The summed E-state index contributed by atoms with van der Waals surface area (Å²) in [5.41, 5.74) is 2.16. The Hall–Kier alpha value is -2.32. The molecule has 28 heavy (non-hydrogen) atoms. The quantitative estimate of drug-likeness (QED) is 0.409. The SMILES string of the molecule is CCOC(=O)c1ccc2c(c1)nc(SCC(=O)N(C)Cc1cccs1)n2CC. The third-order valence-electron chi connectivity index (χ3n) is 4.26. The topological polar surface area (TPSA) is 64.4 Å². The highest BCUT2D eigenvalue weighted by Crippen LogP contribution is 2.25. The van der Waals surface area contributed by atoms with Crippen LogP contribution in [0, 0.1) is 0 Å². The molecule has 1 amide bonds. The van der Waals surface area contributed by atoms with Crippen molar-refractivity contribution in [2.75, 3.05) is 19.4 Å². The molecule has 1 aromatic carbocycles. The molecule has 0 aliphatic rings. The van der Waals surface area contributed by atoms with Crippen LogP contribution in [-0.2, 0) is 22.6 Å². The minimum absolute atomic E-state index is 0.0559. The van der Waals surface area contributed by atoms with Crippen molar-refractivity contribution in [3.63, 3.8) is 0 Å². The Morgan fingerprint density at radius 2 is 2.11 bits per heavy atom. The van der Waals surface area contributed by atoms with Crippen molar-refractivity contribution >= 4 is 46.0 Å². The smallest absolute Gasteiger partial charge is 0.338 e. The van der Waals surface area contributed by atoms with Gasteiger partial charge in [-0.2, -0.15) is 0 Å². The van der Waals surface area contributed by atoms with Crippen LogP contribution in [0.5, 0.6) is 0 Å². The summed E-state index contributed by atoms with van der Waals surface area (Å²) in [6.07, 6.45) is 0. The number of hydrogen-bond acceptors (Lipinski definition) is 6. The van der Waals surface area contributed by atoms with Crippen LogP contribution in [-0.4, -0.2) is 45.7 Å². The van der Waals surface area contributed by atoms with Gasteiger partial charge in [0.1, 0.15) is 0 Å². The number of benzene rings is 1. The zero-order valence-electron chi connectivity index (χ0n) is 16.2. The van der Waals surface area contributed by atoms with Gasteiger partial charge in [-0.15, -0.1) is 11.3 Å². The Bertz CT molecular complexity index is 967. The minimum Gasteiger partial charge on any atom is -0.462 e. The van der Waals surface area contributed by atoms with Gasteiger partial charge in [0.2, 0.25) is 5.91 Å². The monoisotopic (exact) mass is 417 g/mol. The van der Waals surface area contributed by atoms with Crippen LogP contribution in [0.3, 0.4) is 0 Å². The Morgan fingerprint density at radius 3 is 2.79 bits per heavy atom. The summed E-state index contributed by atoms with van der Waals surface area (Å²) in [6, 6.07) is 9.39. The summed E-state index contributed by atoms with van der Waals surface area (Å²) >= 11 is 3.06. The molecule has 2 aromatic heterocycles. The number of carbonyl (C=O) groups excluding carboxylic acids is 2. The predicted octanol–water partition coefficient (Wildman–Crippen LogP) is 4.05. The van der Waals surface area contributed by atoms with Crippen molar-refractivity contribution in [1.82, 2.24) is 14.5 Å². The van der Waals surface area contributed by atoms with Crippen molar-refractivity contribution < 1.29 is 14.3 Å². The molecule has 8 heteroatoms. The number of esters is 1. The zero-order chi connectivity index (χ0) is 20.1. The third-order valence-corrected chi connectivity index (χ3v) is 6.09. The highest BCUT2D eigenvalue weighted by Gasteiger charge is 2.16. The first-order chi connectivity index (χ1) is 13.5. The summed E-state index contributed by atoms with van der Waals surface area (Å²) in [4.78, 5) is 32.0. The first-order valence-corrected chi connectivity index (χ1v) is 11.0. The lowest BCUT2D eigenvalue weighted by molar-refractivity contribution is -0.127. The van der Waals surface area contributed by atoms with Crippen LogP contribution in [0.4, 0.5) is 0 Å². The van der Waals surface area contributed by atoms with Gasteiger partial charge in [-0.05, 0) is 43.5 Å². The molecule has 0 aliphatic heterocycles. The molecular formula is C20H23N3O3S2. The maximum atomic E-state index is 12.5. The number of aryl methyl sites for hydroxylation is 1. The van der Waals surface area contributed by atoms with E-state index in [4.69, 9.17) is 4.74 Å². The van der Waals surface area contributed by atoms with Crippen LogP contribution < -0.4 is 0 Å². The molecule has 6 nitrogen and oxygen atoms in total. The van der Waals surface area contributed by atoms with E-state index in [2.05, 4.69) is 9.55 Å². The second-order valence-corrected chi connectivity index (χ2v) is 8.16. The third kappa shape index (κ3) is 4.56. The van der Waals surface area contributed by atoms with Gasteiger partial charge in [-0.3, -0.25) is 4.79 Å². The molecule has 148 valence electrons. The maximum absolute atomic E-state index is 12.5. The first-order valence-electron chi connectivity index (χ1n) is 9.10. The average molecular weight is 418 g/mol. The molecule has 3 rings (SSSR count). The molecule has 0 bridgehead atoms. The van der Waals surface area contributed by atoms with E-state index in [1.54, 1.807) is 35.3 Å². The molecular weight excluding hydrogens is 394 g/mol. The van der Waals surface area contributed by atoms with Crippen LogP contribution in [0.25, 0.3) is 11.0 Å². The van der Waals surface area contributed by atoms with Gasteiger partial charge < -0.3 is 14.2 Å². The van der Waals surface area contributed by atoms with Crippen molar-refractivity contribution in [2.24, 2.45) is 0 Å². The van der Waals surface area contributed by atoms with E-state index in [0.29, 0.717) is 24.5 Å². The number of amides is 1. The Balaban J connectivity index is 1.73. The van der Waals surface area contributed by atoms with E-state index in [9.17, 15) is 9.59 Å². The predicted molar refractivity (Wildman–Crippen MR) is 113 cm³/mol. The Labute approximate surface area is 172 Å². The summed E-state index contributed by atoms with van der Waals surface area (Å²) in [7, 11) is 1.82. The molecule has 2 heterocycles. The van der Waals surface area contributed by atoms with Crippen molar-refractivity contribution in [3.8, 4) is 0 Å². The lowest BCUT2D eigenvalue weighted by atomic mass is 10.2. The molecule has 3 aromatic rings. The maximum Gasteiger partial charge on any atom is 0.338 e. The highest BCUT2D eigenvalue weighted by atomic mass is 32.2. The van der Waals surface area contributed by atoms with Gasteiger partial charge in [-0.1, -0.05) is 17.8 Å². The molecule has 0 saturated heterocycles. The number of carbonyl (C=O) groups is 2. The standard InChI is InChI=1S/C20H23N3O3S2/c1-4-23-17-9-8-14(19(25)26-5-2)11-16(17)21-20(23)28-13-18(24)22(3)12-15-7-6-10-27-15/h6-11H,4-5,12-13H2,1-3H3. The van der Waals surface area contributed by atoms with Gasteiger partial charge in [0.15, 0.2) is 5.16 Å². The van der Waals surface area contributed by atoms with Crippen LogP contribution in [0.1, 0.15) is 29.1 Å². The lowest BCUT2D eigenvalue weighted by Crippen LogP contribution is -2.27. The average Bonchev–Trinajstić information content (AvgIpc) is 3.32. The fourth-order valence-electron chi connectivity index (χ4n) is 2.83. The van der Waals surface area contributed by atoms with E-state index in [-0.39, 0.29) is 11.9 Å². The van der Waals surface area contributed by atoms with Gasteiger partial charge in [0.05, 0.1) is 35.5 Å². The number of nitrogens with zero attached hydrogens (tertiary/aromatic N) is 3. The van der Waals surface area contributed by atoms with E-state index in [1.807, 2.05) is 37.6 Å². The van der Waals surface area contributed by atoms with E-state index in [1.165, 1.54) is 11.8 Å². The molecule has 0 aliphatic carbocycles. The van der Waals surface area contributed by atoms with Crippen molar-refractivity contribution in [1.29, 1.82) is 0 Å². The van der Waals surface area contributed by atoms with Crippen molar-refractivity contribution in [3.05, 3.63) is 46.2 Å². The molecule has 0 unspecified atom stereocenters. The normalized spacial score (nSPS) is 11.0. The molecule has 0 spiro atoms. The summed E-state index contributed by atoms with van der Waals surface area (Å²) in [5, 5.41) is 2.78. The van der Waals surface area contributed by atoms with Crippen LogP contribution >= 0.6 is 23.1 Å². The molecule has 0 atom stereocenters. The Morgan fingerprint density at radius 1 is 1.29 bits per heavy atom. The number of hydrogen-bond donors (Lipinski definition) is 0. The van der Waals surface area contributed by atoms with Crippen LogP contribution in [0.2, 0.25) is 0 Å². The van der Waals surface area contributed by atoms with E-state index < -0.39 is 0 Å². The number of thiophene rings is 1. The fraction of sp³-hybridized carbons (Fsp3) is 0.350. The van der Waals surface area contributed by atoms with E-state index >= 15 is 0 Å². The largest absolute Gasteiger partial charge is 0.462 e. The minimum atomic E-state index is -0.352. The molecule has 0 fully saturated rings. The van der Waals surface area contributed by atoms with Gasteiger partial charge in [0.25, 0.3) is 0 Å². The number of aromatic nitrogens is 2. The molecule has 0 N–H and O–H groups in total. The van der Waals surface area contributed by atoms with Gasteiger partial charge in [-0.25, -0.2) is 9.78 Å². The number of imidazole rings is 1. The van der Waals surface area contributed by atoms with Crippen LogP contribution in [0.15, 0.2) is 40.9 Å². The molecule has 0 radical (unpaired) electrons. The number of rotatable bonds is 8. The zero-order valence-corrected chi connectivity index (χ0v) is 17.8. The second kappa shape index (κ2) is 9.25. The van der Waals surface area contributed by atoms with Gasteiger partial charge >= 0.3 is 5.97 Å². The summed E-state index contributed by atoms with van der Waals surface area (Å²) in [6.45, 7) is 5.50. The number of thioether (sulfide) groups is 1. The number of fused-ring (bicyclic) bond motifs is 1. The molecule has 0 saturated carbocycles. The first kappa shape index (κ1) is 20.4. The van der Waals surface area contributed by atoms with E-state index in [0.717, 1.165) is 27.6 Å². The highest BCUT2D eigenvalue weighted by molar-refractivity contribution is 7.99. The number of ether oxygens (including phenoxy) is 1. The second-order valence-electron chi connectivity index (χ2n) is 6.18. The van der Waals surface area contributed by atoms with Crippen molar-refractivity contribution in [2.45, 2.75) is 32.1 Å². The Kier molecular flexibility index (Phi) is 6.74. The fourth-order valence-corrected chi connectivity index (χ4v) is 4.60. The lowest BCUT2D eigenvalue weighted by Gasteiger charge is -2.16. The summed E-state index contributed by atoms with van der Waals surface area (Å²) < 4.78 is 7.12. The van der Waals surface area contributed by atoms with Gasteiger partial charge in [0, 0.05) is 18.5 Å². The summed E-state index contributed by atoms with van der Waals surface area (Å²) in [5.74, 6) is 0.0194.